The van der Waals surface area contributed by atoms with Gasteiger partial charge in [-0.2, -0.15) is 0 Å². The normalized spacial score (nSPS) is 11.7. The number of rotatable bonds is 6. The molecule has 1 heterocycles. The molecule has 0 aliphatic carbocycles. The van der Waals surface area contributed by atoms with Crippen LogP contribution in [0.25, 0.3) is 11.1 Å². The van der Waals surface area contributed by atoms with Crippen molar-refractivity contribution in [1.29, 1.82) is 0 Å². The second-order valence-electron chi connectivity index (χ2n) is 6.02. The van der Waals surface area contributed by atoms with E-state index in [2.05, 4.69) is 10.3 Å². The Bertz CT molecular complexity index is 802. The predicted octanol–water partition coefficient (Wildman–Crippen LogP) is 3.65. The highest BCUT2D eigenvalue weighted by atomic mass is 16.1. The summed E-state index contributed by atoms with van der Waals surface area (Å²) in [5, 5.41) is 2.91. The number of benzene rings is 2. The fourth-order valence-electron chi connectivity index (χ4n) is 2.73. The number of carbonyl (C=O) groups is 1. The van der Waals surface area contributed by atoms with Crippen LogP contribution in [0, 0.1) is 0 Å². The molecule has 4 nitrogen and oxygen atoms in total. The molecule has 4 heteroatoms. The Morgan fingerprint density at radius 2 is 1.56 bits per heavy atom. The fraction of sp³-hybridized carbons (Fsp3) is 0.143. The minimum Gasteiger partial charge on any atom is -0.327 e. The predicted molar refractivity (Wildman–Crippen MR) is 101 cm³/mol. The molecule has 25 heavy (non-hydrogen) atoms. The Kier molecular flexibility index (Phi) is 5.54. The van der Waals surface area contributed by atoms with Gasteiger partial charge in [0, 0.05) is 30.5 Å². The van der Waals surface area contributed by atoms with Crippen molar-refractivity contribution in [2.45, 2.75) is 18.9 Å². The second-order valence-corrected chi connectivity index (χ2v) is 6.02. The number of hydrogen-bond donors (Lipinski definition) is 2. The molecule has 1 atom stereocenters. The molecular formula is C21H21N3O. The summed E-state index contributed by atoms with van der Waals surface area (Å²) in [5.74, 6) is -0.0694. The number of amides is 1. The van der Waals surface area contributed by atoms with Gasteiger partial charge >= 0.3 is 0 Å². The molecule has 0 bridgehead atoms. The van der Waals surface area contributed by atoms with Gasteiger partial charge < -0.3 is 11.1 Å². The van der Waals surface area contributed by atoms with E-state index in [1.807, 2.05) is 66.7 Å². The van der Waals surface area contributed by atoms with Crippen LogP contribution >= 0.6 is 0 Å². The number of carbonyl (C=O) groups excluding carboxylic acids is 1. The molecule has 2 aromatic carbocycles. The van der Waals surface area contributed by atoms with Crippen LogP contribution in [0.4, 0.5) is 5.69 Å². The third-order valence-electron chi connectivity index (χ3n) is 3.97. The first-order valence-electron chi connectivity index (χ1n) is 8.30. The summed E-state index contributed by atoms with van der Waals surface area (Å²) < 4.78 is 0. The van der Waals surface area contributed by atoms with Crippen LogP contribution in [0.3, 0.4) is 0 Å². The van der Waals surface area contributed by atoms with Crippen molar-refractivity contribution in [3.63, 3.8) is 0 Å². The average molecular weight is 331 g/mol. The lowest BCUT2D eigenvalue weighted by atomic mass is 10.0. The summed E-state index contributed by atoms with van der Waals surface area (Å²) in [5.41, 5.74) is 10.2. The zero-order chi connectivity index (χ0) is 17.5. The van der Waals surface area contributed by atoms with Crippen LogP contribution < -0.4 is 11.1 Å². The van der Waals surface area contributed by atoms with E-state index in [4.69, 9.17) is 5.73 Å². The maximum absolute atomic E-state index is 12.2. The Morgan fingerprint density at radius 1 is 0.920 bits per heavy atom. The standard InChI is InChI=1S/C21H21N3O/c22-19(14-16-4-2-1-3-5-16)15-21(25)24-20-8-6-17(7-9-20)18-10-12-23-13-11-18/h1-13,19H,14-15,22H2,(H,24,25)/t19-/m1/s1. The molecular weight excluding hydrogens is 310 g/mol. The number of nitrogens with one attached hydrogen (secondary N) is 1. The number of aromatic nitrogens is 1. The third-order valence-corrected chi connectivity index (χ3v) is 3.97. The van der Waals surface area contributed by atoms with Crippen molar-refractivity contribution in [3.8, 4) is 11.1 Å². The van der Waals surface area contributed by atoms with Crippen molar-refractivity contribution < 1.29 is 4.79 Å². The molecule has 1 aromatic heterocycles. The van der Waals surface area contributed by atoms with Crippen molar-refractivity contribution in [2.75, 3.05) is 5.32 Å². The quantitative estimate of drug-likeness (QED) is 0.724. The zero-order valence-electron chi connectivity index (χ0n) is 13.9. The van der Waals surface area contributed by atoms with Gasteiger partial charge in [-0.05, 0) is 47.4 Å². The Labute approximate surface area is 147 Å². The zero-order valence-corrected chi connectivity index (χ0v) is 13.9. The molecule has 0 aliphatic heterocycles. The van der Waals surface area contributed by atoms with Gasteiger partial charge in [0.1, 0.15) is 0 Å². The SMILES string of the molecule is N[C@@H](CC(=O)Nc1ccc(-c2ccncc2)cc1)Cc1ccccc1. The first-order chi connectivity index (χ1) is 12.2. The lowest BCUT2D eigenvalue weighted by molar-refractivity contribution is -0.116. The number of nitrogens with two attached hydrogens (primary N) is 1. The van der Waals surface area contributed by atoms with Crippen LogP contribution in [0.5, 0.6) is 0 Å². The number of nitrogens with zero attached hydrogens (tertiary/aromatic N) is 1. The molecule has 3 aromatic rings. The van der Waals surface area contributed by atoms with Crippen molar-refractivity contribution in [1.82, 2.24) is 4.98 Å². The van der Waals surface area contributed by atoms with Crippen LogP contribution in [0.15, 0.2) is 79.1 Å². The van der Waals surface area contributed by atoms with Gasteiger partial charge in [-0.3, -0.25) is 9.78 Å². The molecule has 0 saturated carbocycles. The monoisotopic (exact) mass is 331 g/mol. The van der Waals surface area contributed by atoms with Gasteiger partial charge in [0.15, 0.2) is 0 Å². The van der Waals surface area contributed by atoms with E-state index in [9.17, 15) is 4.79 Å². The molecule has 126 valence electrons. The largest absolute Gasteiger partial charge is 0.327 e. The third kappa shape index (κ3) is 4.99. The van der Waals surface area contributed by atoms with Gasteiger partial charge in [0.05, 0.1) is 0 Å². The van der Waals surface area contributed by atoms with E-state index in [0.29, 0.717) is 12.8 Å². The molecule has 0 aliphatic rings. The molecule has 3 rings (SSSR count). The van der Waals surface area contributed by atoms with Gasteiger partial charge in [-0.1, -0.05) is 42.5 Å². The Balaban J connectivity index is 1.54. The molecule has 0 spiro atoms. The van der Waals surface area contributed by atoms with Gasteiger partial charge in [-0.15, -0.1) is 0 Å². The molecule has 3 N–H and O–H groups in total. The minimum absolute atomic E-state index is 0.0694. The summed E-state index contributed by atoms with van der Waals surface area (Å²) in [6.45, 7) is 0. The number of pyridine rings is 1. The molecule has 0 radical (unpaired) electrons. The van der Waals surface area contributed by atoms with Crippen LogP contribution in [-0.4, -0.2) is 16.9 Å². The molecule has 0 saturated heterocycles. The lowest BCUT2D eigenvalue weighted by Crippen LogP contribution is -2.29. The van der Waals surface area contributed by atoms with E-state index in [1.54, 1.807) is 12.4 Å². The van der Waals surface area contributed by atoms with Gasteiger partial charge in [-0.25, -0.2) is 0 Å². The summed E-state index contributed by atoms with van der Waals surface area (Å²) in [6, 6.07) is 21.4. The fourth-order valence-corrected chi connectivity index (χ4v) is 2.73. The maximum Gasteiger partial charge on any atom is 0.225 e. The highest BCUT2D eigenvalue weighted by molar-refractivity contribution is 5.91. The average Bonchev–Trinajstić information content (AvgIpc) is 2.63. The van der Waals surface area contributed by atoms with Gasteiger partial charge in [0.25, 0.3) is 0 Å². The first-order valence-corrected chi connectivity index (χ1v) is 8.30. The summed E-state index contributed by atoms with van der Waals surface area (Å²) in [6.07, 6.45) is 4.51. The van der Waals surface area contributed by atoms with Crippen LogP contribution in [0.2, 0.25) is 0 Å². The summed E-state index contributed by atoms with van der Waals surface area (Å²) >= 11 is 0. The van der Waals surface area contributed by atoms with E-state index in [0.717, 1.165) is 22.4 Å². The van der Waals surface area contributed by atoms with Crippen molar-refractivity contribution >= 4 is 11.6 Å². The Hall–Kier alpha value is -2.98. The highest BCUT2D eigenvalue weighted by Crippen LogP contribution is 2.20. The second kappa shape index (κ2) is 8.22. The van der Waals surface area contributed by atoms with Crippen LogP contribution in [0.1, 0.15) is 12.0 Å². The van der Waals surface area contributed by atoms with E-state index >= 15 is 0 Å². The highest BCUT2D eigenvalue weighted by Gasteiger charge is 2.10. The lowest BCUT2D eigenvalue weighted by Gasteiger charge is -2.12. The van der Waals surface area contributed by atoms with Crippen molar-refractivity contribution in [3.05, 3.63) is 84.7 Å². The minimum atomic E-state index is -0.196. The van der Waals surface area contributed by atoms with Crippen molar-refractivity contribution in [2.24, 2.45) is 5.73 Å². The van der Waals surface area contributed by atoms with E-state index in [-0.39, 0.29) is 11.9 Å². The first kappa shape index (κ1) is 16.9. The Morgan fingerprint density at radius 3 is 2.24 bits per heavy atom. The van der Waals surface area contributed by atoms with Gasteiger partial charge in [0.2, 0.25) is 5.91 Å². The smallest absolute Gasteiger partial charge is 0.225 e. The molecule has 0 unspecified atom stereocenters. The summed E-state index contributed by atoms with van der Waals surface area (Å²) in [4.78, 5) is 16.2. The van der Waals surface area contributed by atoms with E-state index < -0.39 is 0 Å². The number of hydrogen-bond acceptors (Lipinski definition) is 3. The van der Waals surface area contributed by atoms with Crippen LogP contribution in [-0.2, 0) is 11.2 Å². The summed E-state index contributed by atoms with van der Waals surface area (Å²) in [7, 11) is 0. The molecule has 1 amide bonds. The van der Waals surface area contributed by atoms with E-state index in [1.165, 1.54) is 0 Å². The maximum atomic E-state index is 12.2. The number of anilines is 1. The topological polar surface area (TPSA) is 68.0 Å². The molecule has 0 fully saturated rings.